The molecule has 0 aliphatic carbocycles. The van der Waals surface area contributed by atoms with Crippen LogP contribution in [0.2, 0.25) is 0 Å². The van der Waals surface area contributed by atoms with Crippen LogP contribution in [0.3, 0.4) is 0 Å². The summed E-state index contributed by atoms with van der Waals surface area (Å²) in [6, 6.07) is 0. The minimum atomic E-state index is 0.426. The van der Waals surface area contributed by atoms with Crippen molar-refractivity contribution in [1.29, 1.82) is 0 Å². The molecule has 0 saturated carbocycles. The lowest BCUT2D eigenvalue weighted by Gasteiger charge is -1.98. The second-order valence-electron chi connectivity index (χ2n) is 3.48. The molecule has 1 saturated heterocycles. The number of ether oxygens (including phenoxy) is 1. The van der Waals surface area contributed by atoms with Crippen molar-refractivity contribution in [3.05, 3.63) is 11.7 Å². The molecule has 1 unspecified atom stereocenters. The molecule has 0 spiro atoms. The molecule has 0 radical (unpaired) electrons. The summed E-state index contributed by atoms with van der Waals surface area (Å²) in [6.07, 6.45) is 1.80. The summed E-state index contributed by atoms with van der Waals surface area (Å²) in [5.41, 5.74) is 0. The van der Waals surface area contributed by atoms with Crippen molar-refractivity contribution >= 4 is 0 Å². The van der Waals surface area contributed by atoms with Crippen molar-refractivity contribution in [2.75, 3.05) is 26.8 Å². The minimum absolute atomic E-state index is 0.426. The van der Waals surface area contributed by atoms with E-state index in [1.54, 1.807) is 7.11 Å². The number of aromatic nitrogens is 2. The van der Waals surface area contributed by atoms with Crippen LogP contribution in [0.4, 0.5) is 0 Å². The van der Waals surface area contributed by atoms with Crippen LogP contribution >= 0.6 is 0 Å². The molecule has 5 heteroatoms. The number of rotatable bonds is 4. The third kappa shape index (κ3) is 2.10. The molecule has 0 bridgehead atoms. The Morgan fingerprint density at radius 1 is 1.64 bits per heavy atom. The molecule has 1 aliphatic heterocycles. The van der Waals surface area contributed by atoms with E-state index in [1.807, 2.05) is 0 Å². The molecule has 0 amide bonds. The number of hydrogen-bond donors (Lipinski definition) is 1. The number of nitrogens with one attached hydrogen (secondary N) is 1. The molecular weight excluding hydrogens is 182 g/mol. The lowest BCUT2D eigenvalue weighted by Crippen LogP contribution is -2.08. The maximum atomic E-state index is 5.11. The van der Waals surface area contributed by atoms with Crippen LogP contribution in [-0.2, 0) is 11.2 Å². The van der Waals surface area contributed by atoms with Crippen LogP contribution in [0, 0.1) is 0 Å². The normalized spacial score (nSPS) is 21.6. The molecule has 14 heavy (non-hydrogen) atoms. The van der Waals surface area contributed by atoms with E-state index in [9.17, 15) is 0 Å². The highest BCUT2D eigenvalue weighted by Crippen LogP contribution is 2.18. The van der Waals surface area contributed by atoms with Crippen molar-refractivity contribution in [2.45, 2.75) is 18.8 Å². The van der Waals surface area contributed by atoms with E-state index in [0.29, 0.717) is 24.8 Å². The van der Waals surface area contributed by atoms with Gasteiger partial charge in [-0.2, -0.15) is 4.98 Å². The average Bonchev–Trinajstić information content (AvgIpc) is 2.85. The van der Waals surface area contributed by atoms with Gasteiger partial charge >= 0.3 is 0 Å². The van der Waals surface area contributed by atoms with Gasteiger partial charge in [0.2, 0.25) is 5.89 Å². The number of nitrogens with zero attached hydrogens (tertiary/aromatic N) is 2. The Hall–Kier alpha value is -0.940. The Bertz CT molecular complexity index is 281. The first-order chi connectivity index (χ1) is 6.90. The Morgan fingerprint density at radius 3 is 3.29 bits per heavy atom. The zero-order valence-corrected chi connectivity index (χ0v) is 8.32. The Balaban J connectivity index is 1.94. The largest absolute Gasteiger partial charge is 0.384 e. The quantitative estimate of drug-likeness (QED) is 0.754. The van der Waals surface area contributed by atoms with Gasteiger partial charge in [0.1, 0.15) is 0 Å². The van der Waals surface area contributed by atoms with Gasteiger partial charge in [0.15, 0.2) is 5.82 Å². The predicted octanol–water partition coefficient (Wildman–Crippen LogP) is 0.335. The van der Waals surface area contributed by atoms with E-state index in [-0.39, 0.29) is 0 Å². The zero-order valence-electron chi connectivity index (χ0n) is 8.32. The summed E-state index contributed by atoms with van der Waals surface area (Å²) in [7, 11) is 1.66. The van der Waals surface area contributed by atoms with Crippen LogP contribution in [0.1, 0.15) is 24.1 Å². The molecule has 2 rings (SSSR count). The van der Waals surface area contributed by atoms with Crippen molar-refractivity contribution in [2.24, 2.45) is 0 Å². The topological polar surface area (TPSA) is 60.2 Å². The van der Waals surface area contributed by atoms with Gasteiger partial charge < -0.3 is 14.6 Å². The van der Waals surface area contributed by atoms with E-state index < -0.39 is 0 Å². The monoisotopic (exact) mass is 197 g/mol. The van der Waals surface area contributed by atoms with Crippen LogP contribution in [-0.4, -0.2) is 36.9 Å². The van der Waals surface area contributed by atoms with Gasteiger partial charge in [-0.05, 0) is 13.0 Å². The lowest BCUT2D eigenvalue weighted by molar-refractivity contribution is 0.192. The summed E-state index contributed by atoms with van der Waals surface area (Å²) in [4.78, 5) is 4.33. The van der Waals surface area contributed by atoms with Crippen molar-refractivity contribution in [1.82, 2.24) is 15.5 Å². The second kappa shape index (κ2) is 4.52. The second-order valence-corrected chi connectivity index (χ2v) is 3.48. The first kappa shape index (κ1) is 9.61. The smallest absolute Gasteiger partial charge is 0.228 e. The van der Waals surface area contributed by atoms with E-state index >= 15 is 0 Å². The molecule has 78 valence electrons. The molecule has 0 aromatic carbocycles. The third-order valence-electron chi connectivity index (χ3n) is 2.43. The fourth-order valence-electron chi connectivity index (χ4n) is 1.60. The van der Waals surface area contributed by atoms with Gasteiger partial charge in [0, 0.05) is 19.6 Å². The fourth-order valence-corrected chi connectivity index (χ4v) is 1.60. The Kier molecular flexibility index (Phi) is 3.10. The third-order valence-corrected chi connectivity index (χ3v) is 2.43. The van der Waals surface area contributed by atoms with Gasteiger partial charge in [-0.15, -0.1) is 0 Å². The first-order valence-electron chi connectivity index (χ1n) is 4.92. The van der Waals surface area contributed by atoms with Crippen LogP contribution in [0.15, 0.2) is 4.52 Å². The SMILES string of the molecule is COCCc1nc(C2CCNC2)no1. The Labute approximate surface area is 82.8 Å². The highest BCUT2D eigenvalue weighted by atomic mass is 16.5. The molecule has 5 nitrogen and oxygen atoms in total. The molecular formula is C9H15N3O2. The van der Waals surface area contributed by atoms with Gasteiger partial charge in [0.05, 0.1) is 13.0 Å². The van der Waals surface area contributed by atoms with E-state index in [2.05, 4.69) is 15.5 Å². The van der Waals surface area contributed by atoms with Gasteiger partial charge in [0.25, 0.3) is 0 Å². The molecule has 1 aromatic rings. The van der Waals surface area contributed by atoms with Crippen LogP contribution in [0.25, 0.3) is 0 Å². The molecule has 1 atom stereocenters. The van der Waals surface area contributed by atoms with Gasteiger partial charge in [-0.25, -0.2) is 0 Å². The molecule has 1 aliphatic rings. The molecule has 1 aromatic heterocycles. The lowest BCUT2D eigenvalue weighted by atomic mass is 10.1. The maximum Gasteiger partial charge on any atom is 0.228 e. The van der Waals surface area contributed by atoms with Gasteiger partial charge in [-0.1, -0.05) is 5.16 Å². The standard InChI is InChI=1S/C9H15N3O2/c1-13-5-3-8-11-9(12-14-8)7-2-4-10-6-7/h7,10H,2-6H2,1H3. The van der Waals surface area contributed by atoms with Gasteiger partial charge in [-0.3, -0.25) is 0 Å². The summed E-state index contributed by atoms with van der Waals surface area (Å²) in [5.74, 6) is 1.94. The number of hydrogen-bond acceptors (Lipinski definition) is 5. The van der Waals surface area contributed by atoms with E-state index in [0.717, 1.165) is 25.3 Å². The van der Waals surface area contributed by atoms with Crippen LogP contribution < -0.4 is 5.32 Å². The molecule has 1 N–H and O–H groups in total. The van der Waals surface area contributed by atoms with Crippen molar-refractivity contribution in [3.8, 4) is 0 Å². The molecule has 1 fully saturated rings. The predicted molar refractivity (Wildman–Crippen MR) is 50.1 cm³/mol. The van der Waals surface area contributed by atoms with E-state index in [1.165, 1.54) is 0 Å². The molecule has 2 heterocycles. The summed E-state index contributed by atoms with van der Waals surface area (Å²) < 4.78 is 10.1. The van der Waals surface area contributed by atoms with E-state index in [4.69, 9.17) is 9.26 Å². The first-order valence-corrected chi connectivity index (χ1v) is 4.92. The minimum Gasteiger partial charge on any atom is -0.384 e. The fraction of sp³-hybridized carbons (Fsp3) is 0.778. The van der Waals surface area contributed by atoms with Crippen LogP contribution in [0.5, 0.6) is 0 Å². The number of methoxy groups -OCH3 is 1. The summed E-state index contributed by atoms with van der Waals surface area (Å²) in [5, 5.41) is 7.25. The summed E-state index contributed by atoms with van der Waals surface area (Å²) in [6.45, 7) is 2.64. The maximum absolute atomic E-state index is 5.11. The zero-order chi connectivity index (χ0) is 9.80. The Morgan fingerprint density at radius 2 is 2.57 bits per heavy atom. The average molecular weight is 197 g/mol. The highest BCUT2D eigenvalue weighted by Gasteiger charge is 2.21. The van der Waals surface area contributed by atoms with Crippen molar-refractivity contribution < 1.29 is 9.26 Å². The summed E-state index contributed by atoms with van der Waals surface area (Å²) >= 11 is 0. The highest BCUT2D eigenvalue weighted by molar-refractivity contribution is 4.99. The van der Waals surface area contributed by atoms with Crippen molar-refractivity contribution in [3.63, 3.8) is 0 Å².